The number of nitrogens with zero attached hydrogens (tertiary/aromatic N) is 2. The van der Waals surface area contributed by atoms with Crippen molar-refractivity contribution in [1.82, 2.24) is 9.13 Å². The van der Waals surface area contributed by atoms with E-state index in [4.69, 9.17) is 0 Å². The highest BCUT2D eigenvalue weighted by atomic mass is 15.0. The molecule has 0 aliphatic heterocycles. The summed E-state index contributed by atoms with van der Waals surface area (Å²) in [4.78, 5) is 0. The molecule has 1 aliphatic carbocycles. The smallest absolute Gasteiger partial charge is 0.0544 e. The summed E-state index contributed by atoms with van der Waals surface area (Å²) in [6, 6.07) is 49.1. The Morgan fingerprint density at radius 3 is 1.44 bits per heavy atom. The molecule has 2 heteroatoms. The van der Waals surface area contributed by atoms with Crippen LogP contribution >= 0.6 is 0 Å². The number of hydrogen-bond acceptors (Lipinski definition) is 0. The van der Waals surface area contributed by atoms with Crippen LogP contribution in [0.15, 0.2) is 133 Å². The second-order valence-corrected chi connectivity index (χ2v) is 11.8. The molecule has 41 heavy (non-hydrogen) atoms. The van der Waals surface area contributed by atoms with Gasteiger partial charge in [-0.15, -0.1) is 0 Å². The lowest BCUT2D eigenvalue weighted by molar-refractivity contribution is 0.661. The van der Waals surface area contributed by atoms with Crippen molar-refractivity contribution in [3.8, 4) is 22.5 Å². The minimum absolute atomic E-state index is 0.0399. The summed E-state index contributed by atoms with van der Waals surface area (Å²) >= 11 is 0. The molecule has 0 fully saturated rings. The Labute approximate surface area is 238 Å². The molecule has 2 heterocycles. The maximum absolute atomic E-state index is 2.45. The van der Waals surface area contributed by atoms with Crippen molar-refractivity contribution >= 4 is 43.6 Å². The third-order valence-electron chi connectivity index (χ3n) is 9.32. The molecule has 0 spiro atoms. The van der Waals surface area contributed by atoms with E-state index in [1.165, 1.54) is 77.2 Å². The third kappa shape index (κ3) is 2.97. The van der Waals surface area contributed by atoms with Crippen molar-refractivity contribution in [2.45, 2.75) is 19.3 Å². The summed E-state index contributed by atoms with van der Waals surface area (Å²) in [5, 5.41) is 5.16. The highest BCUT2D eigenvalue weighted by Gasteiger charge is 2.36. The number of hydrogen-bond donors (Lipinski definition) is 0. The number of fused-ring (bicyclic) bond motifs is 9. The Kier molecular flexibility index (Phi) is 4.42. The van der Waals surface area contributed by atoms with E-state index in [2.05, 4.69) is 156 Å². The Bertz CT molecular complexity index is 2270. The van der Waals surface area contributed by atoms with Gasteiger partial charge in [0.1, 0.15) is 0 Å². The average molecular weight is 525 g/mol. The van der Waals surface area contributed by atoms with E-state index in [0.717, 1.165) is 0 Å². The standard InChI is InChI=1S/C39H28N2/c1-39(2)33-15-7-3-11-27(33)31-23-32-30-14-6-10-18-37(30)41(38(32)24-34(31)39)26-21-19-25(20-22-26)40-35-16-8-4-12-28(35)29-13-5-9-17-36(29)40/h3-24H,1-2H3. The number of para-hydroxylation sites is 3. The Morgan fingerprint density at radius 2 is 0.854 bits per heavy atom. The van der Waals surface area contributed by atoms with Gasteiger partial charge in [-0.05, 0) is 76.9 Å². The topological polar surface area (TPSA) is 9.86 Å². The first-order valence-electron chi connectivity index (χ1n) is 14.4. The van der Waals surface area contributed by atoms with E-state index in [1.54, 1.807) is 0 Å². The fourth-order valence-corrected chi connectivity index (χ4v) is 7.39. The van der Waals surface area contributed by atoms with E-state index in [9.17, 15) is 0 Å². The highest BCUT2D eigenvalue weighted by molar-refractivity contribution is 6.12. The maximum Gasteiger partial charge on any atom is 0.0544 e. The summed E-state index contributed by atoms with van der Waals surface area (Å²) in [6.07, 6.45) is 0. The molecule has 0 atom stereocenters. The van der Waals surface area contributed by atoms with Gasteiger partial charge in [0.05, 0.1) is 22.1 Å². The van der Waals surface area contributed by atoms with E-state index >= 15 is 0 Å². The van der Waals surface area contributed by atoms with Gasteiger partial charge in [0.15, 0.2) is 0 Å². The van der Waals surface area contributed by atoms with Crippen molar-refractivity contribution in [3.63, 3.8) is 0 Å². The van der Waals surface area contributed by atoms with Crippen molar-refractivity contribution < 1.29 is 0 Å². The molecule has 2 nitrogen and oxygen atoms in total. The highest BCUT2D eigenvalue weighted by Crippen LogP contribution is 2.51. The molecule has 1 aliphatic rings. The van der Waals surface area contributed by atoms with Gasteiger partial charge in [0.2, 0.25) is 0 Å². The molecule has 0 saturated heterocycles. The monoisotopic (exact) mass is 524 g/mol. The first-order chi connectivity index (χ1) is 20.1. The van der Waals surface area contributed by atoms with Gasteiger partial charge < -0.3 is 9.13 Å². The predicted molar refractivity (Wildman–Crippen MR) is 173 cm³/mol. The van der Waals surface area contributed by atoms with Gasteiger partial charge in [-0.1, -0.05) is 92.7 Å². The van der Waals surface area contributed by atoms with Crippen molar-refractivity contribution in [2.24, 2.45) is 0 Å². The molecule has 0 bridgehead atoms. The quantitative estimate of drug-likeness (QED) is 0.213. The van der Waals surface area contributed by atoms with E-state index in [1.807, 2.05) is 0 Å². The second kappa shape index (κ2) is 7.99. The molecule has 8 aromatic rings. The zero-order chi connectivity index (χ0) is 27.3. The van der Waals surface area contributed by atoms with Crippen molar-refractivity contribution in [2.75, 3.05) is 0 Å². The lowest BCUT2D eigenvalue weighted by atomic mass is 9.82. The zero-order valence-electron chi connectivity index (χ0n) is 23.1. The molecule has 0 radical (unpaired) electrons. The first-order valence-corrected chi connectivity index (χ1v) is 14.4. The number of rotatable bonds is 2. The van der Waals surface area contributed by atoms with Gasteiger partial charge in [0.25, 0.3) is 0 Å². The summed E-state index contributed by atoms with van der Waals surface area (Å²) in [7, 11) is 0. The molecule has 2 aromatic heterocycles. The molecular formula is C39H28N2. The van der Waals surface area contributed by atoms with E-state index in [-0.39, 0.29) is 5.41 Å². The van der Waals surface area contributed by atoms with Crippen LogP contribution in [0.1, 0.15) is 25.0 Å². The summed E-state index contributed by atoms with van der Waals surface area (Å²) in [5.74, 6) is 0. The van der Waals surface area contributed by atoms with Gasteiger partial charge in [-0.25, -0.2) is 0 Å². The van der Waals surface area contributed by atoms with Gasteiger partial charge in [-0.3, -0.25) is 0 Å². The largest absolute Gasteiger partial charge is 0.309 e. The molecule has 194 valence electrons. The van der Waals surface area contributed by atoms with Crippen LogP contribution < -0.4 is 0 Å². The molecule has 9 rings (SSSR count). The Hall–Kier alpha value is -5.08. The van der Waals surface area contributed by atoms with Crippen LogP contribution in [0, 0.1) is 0 Å². The molecule has 0 saturated carbocycles. The van der Waals surface area contributed by atoms with Crippen LogP contribution in [0.4, 0.5) is 0 Å². The fraction of sp³-hybridized carbons (Fsp3) is 0.0769. The van der Waals surface area contributed by atoms with Gasteiger partial charge in [0, 0.05) is 38.3 Å². The normalized spacial score (nSPS) is 13.8. The van der Waals surface area contributed by atoms with Crippen LogP contribution in [0.2, 0.25) is 0 Å². The summed E-state index contributed by atoms with van der Waals surface area (Å²) < 4.78 is 4.83. The average Bonchev–Trinajstić information content (AvgIpc) is 3.60. The van der Waals surface area contributed by atoms with Crippen LogP contribution in [-0.2, 0) is 5.41 Å². The third-order valence-corrected chi connectivity index (χ3v) is 9.32. The van der Waals surface area contributed by atoms with Crippen LogP contribution in [0.3, 0.4) is 0 Å². The predicted octanol–water partition coefficient (Wildman–Crippen LogP) is 10.2. The zero-order valence-corrected chi connectivity index (χ0v) is 23.1. The van der Waals surface area contributed by atoms with Crippen molar-refractivity contribution in [3.05, 3.63) is 145 Å². The van der Waals surface area contributed by atoms with E-state index in [0.29, 0.717) is 0 Å². The lowest BCUT2D eigenvalue weighted by Gasteiger charge is -2.21. The minimum Gasteiger partial charge on any atom is -0.309 e. The van der Waals surface area contributed by atoms with Crippen LogP contribution in [0.25, 0.3) is 66.1 Å². The molecular weight excluding hydrogens is 496 g/mol. The Balaban J connectivity index is 1.28. The molecule has 0 amide bonds. The van der Waals surface area contributed by atoms with Gasteiger partial charge >= 0.3 is 0 Å². The van der Waals surface area contributed by atoms with Crippen molar-refractivity contribution in [1.29, 1.82) is 0 Å². The number of aromatic nitrogens is 2. The molecule has 6 aromatic carbocycles. The Morgan fingerprint density at radius 1 is 0.390 bits per heavy atom. The summed E-state index contributed by atoms with van der Waals surface area (Å²) in [6.45, 7) is 4.72. The lowest BCUT2D eigenvalue weighted by Crippen LogP contribution is -2.14. The first kappa shape index (κ1) is 22.7. The fourth-order valence-electron chi connectivity index (χ4n) is 7.39. The molecule has 0 N–H and O–H groups in total. The second-order valence-electron chi connectivity index (χ2n) is 11.8. The maximum atomic E-state index is 2.45. The minimum atomic E-state index is -0.0399. The SMILES string of the molecule is CC1(C)c2ccccc2-c2cc3c4ccccc4n(-c4ccc(-n5c6ccccc6c6ccccc65)cc4)c3cc21. The summed E-state index contributed by atoms with van der Waals surface area (Å²) in [5.41, 5.74) is 12.8. The van der Waals surface area contributed by atoms with E-state index < -0.39 is 0 Å². The number of benzene rings is 6. The van der Waals surface area contributed by atoms with Crippen LogP contribution in [-0.4, -0.2) is 9.13 Å². The van der Waals surface area contributed by atoms with Gasteiger partial charge in [-0.2, -0.15) is 0 Å². The molecule has 0 unspecified atom stereocenters. The van der Waals surface area contributed by atoms with Crippen LogP contribution in [0.5, 0.6) is 0 Å².